The van der Waals surface area contributed by atoms with Crippen molar-refractivity contribution >= 4 is 10.9 Å². The van der Waals surface area contributed by atoms with Crippen LogP contribution < -0.4 is 4.74 Å². The van der Waals surface area contributed by atoms with Crippen LogP contribution in [0.1, 0.15) is 23.6 Å². The molecule has 1 aromatic carbocycles. The van der Waals surface area contributed by atoms with Gasteiger partial charge in [0.15, 0.2) is 0 Å². The van der Waals surface area contributed by atoms with Crippen LogP contribution in [0.15, 0.2) is 18.2 Å². The van der Waals surface area contributed by atoms with Gasteiger partial charge in [-0.15, -0.1) is 0 Å². The largest absolute Gasteiger partial charge is 0.497 e. The predicted octanol–water partition coefficient (Wildman–Crippen LogP) is 2.52. The minimum Gasteiger partial charge on any atom is -0.497 e. The Bertz CT molecular complexity index is 602. The van der Waals surface area contributed by atoms with Gasteiger partial charge in [0.25, 0.3) is 0 Å². The Balaban J connectivity index is 1.92. The fourth-order valence-corrected chi connectivity index (χ4v) is 3.53. The highest BCUT2D eigenvalue weighted by Crippen LogP contribution is 2.37. The SMILES string of the molecule is COc1ccc2[nH]c3c(c2c1)CCN1CC[C@@H]3C1. The lowest BCUT2D eigenvalue weighted by molar-refractivity contribution is 0.345. The molecule has 0 radical (unpaired) electrons. The van der Waals surface area contributed by atoms with Gasteiger partial charge in [0, 0.05) is 35.6 Å². The molecule has 2 atom stereocenters. The van der Waals surface area contributed by atoms with Crippen LogP contribution in [0.4, 0.5) is 0 Å². The first-order valence-corrected chi connectivity index (χ1v) is 6.76. The predicted molar refractivity (Wildman–Crippen MR) is 72.4 cm³/mol. The van der Waals surface area contributed by atoms with Gasteiger partial charge in [-0.3, -0.25) is 0 Å². The molecule has 0 aliphatic carbocycles. The molecule has 2 aliphatic heterocycles. The molecule has 18 heavy (non-hydrogen) atoms. The molecule has 94 valence electrons. The highest BCUT2D eigenvalue weighted by molar-refractivity contribution is 5.86. The zero-order chi connectivity index (χ0) is 12.1. The summed E-state index contributed by atoms with van der Waals surface area (Å²) in [7, 11) is 1.74. The van der Waals surface area contributed by atoms with E-state index >= 15 is 0 Å². The van der Waals surface area contributed by atoms with Gasteiger partial charge in [-0.25, -0.2) is 0 Å². The highest BCUT2D eigenvalue weighted by atomic mass is 16.5. The third kappa shape index (κ3) is 1.40. The summed E-state index contributed by atoms with van der Waals surface area (Å²) in [5, 5.41) is 1.36. The van der Waals surface area contributed by atoms with Gasteiger partial charge >= 0.3 is 0 Å². The van der Waals surface area contributed by atoms with Crippen molar-refractivity contribution in [2.75, 3.05) is 26.7 Å². The first-order valence-electron chi connectivity index (χ1n) is 6.76. The summed E-state index contributed by atoms with van der Waals surface area (Å²) in [5.41, 5.74) is 4.27. The van der Waals surface area contributed by atoms with Crippen molar-refractivity contribution in [3.8, 4) is 5.75 Å². The third-order valence-electron chi connectivity index (χ3n) is 4.50. The lowest BCUT2D eigenvalue weighted by Crippen LogP contribution is -2.21. The smallest absolute Gasteiger partial charge is 0.119 e. The van der Waals surface area contributed by atoms with E-state index in [0.29, 0.717) is 5.92 Å². The second-order valence-corrected chi connectivity index (χ2v) is 5.46. The van der Waals surface area contributed by atoms with E-state index in [2.05, 4.69) is 22.0 Å². The Hall–Kier alpha value is -1.48. The van der Waals surface area contributed by atoms with E-state index in [1.165, 1.54) is 54.6 Å². The van der Waals surface area contributed by atoms with Crippen LogP contribution >= 0.6 is 0 Å². The summed E-state index contributed by atoms with van der Waals surface area (Å²) >= 11 is 0. The van der Waals surface area contributed by atoms with Gasteiger partial charge in [0.2, 0.25) is 0 Å². The number of methoxy groups -OCH3 is 1. The Kier molecular flexibility index (Phi) is 2.18. The number of aromatic nitrogens is 1. The van der Waals surface area contributed by atoms with Crippen LogP contribution in [0.3, 0.4) is 0 Å². The number of ether oxygens (including phenoxy) is 1. The van der Waals surface area contributed by atoms with Crippen LogP contribution in [0.2, 0.25) is 0 Å². The molecule has 3 heterocycles. The molecule has 1 unspecified atom stereocenters. The van der Waals surface area contributed by atoms with Crippen molar-refractivity contribution in [2.45, 2.75) is 18.8 Å². The Morgan fingerprint density at radius 2 is 2.28 bits per heavy atom. The van der Waals surface area contributed by atoms with Crippen LogP contribution in [-0.4, -0.2) is 36.6 Å². The minimum atomic E-state index is 0.709. The van der Waals surface area contributed by atoms with E-state index in [-0.39, 0.29) is 0 Å². The fraction of sp³-hybridized carbons (Fsp3) is 0.467. The maximum Gasteiger partial charge on any atom is 0.119 e. The molecule has 0 saturated carbocycles. The lowest BCUT2D eigenvalue weighted by atomic mass is 9.98. The molecule has 3 heteroatoms. The second-order valence-electron chi connectivity index (χ2n) is 5.46. The van der Waals surface area contributed by atoms with Crippen LogP contribution in [0.25, 0.3) is 10.9 Å². The molecule has 2 bridgehead atoms. The van der Waals surface area contributed by atoms with Crippen molar-refractivity contribution in [1.82, 2.24) is 9.88 Å². The summed E-state index contributed by atoms with van der Waals surface area (Å²) in [5.74, 6) is 1.67. The van der Waals surface area contributed by atoms with E-state index in [4.69, 9.17) is 4.74 Å². The van der Waals surface area contributed by atoms with Crippen LogP contribution in [0.5, 0.6) is 5.75 Å². The second kappa shape index (κ2) is 3.75. The first-order chi connectivity index (χ1) is 8.85. The molecular formula is C15H18N2O. The van der Waals surface area contributed by atoms with Crippen molar-refractivity contribution in [2.24, 2.45) is 0 Å². The molecular weight excluding hydrogens is 224 g/mol. The molecule has 0 amide bonds. The van der Waals surface area contributed by atoms with E-state index in [1.54, 1.807) is 7.11 Å². The van der Waals surface area contributed by atoms with E-state index in [1.807, 2.05) is 6.07 Å². The number of hydrogen-bond acceptors (Lipinski definition) is 2. The van der Waals surface area contributed by atoms with Gasteiger partial charge in [-0.2, -0.15) is 0 Å². The molecule has 0 spiro atoms. The van der Waals surface area contributed by atoms with Crippen molar-refractivity contribution in [1.29, 1.82) is 0 Å². The summed E-state index contributed by atoms with van der Waals surface area (Å²) < 4.78 is 5.35. The molecule has 3 nitrogen and oxygen atoms in total. The number of fused-ring (bicyclic) bond motifs is 6. The van der Waals surface area contributed by atoms with Crippen molar-refractivity contribution in [3.63, 3.8) is 0 Å². The fourth-order valence-electron chi connectivity index (χ4n) is 3.53. The van der Waals surface area contributed by atoms with Crippen molar-refractivity contribution in [3.05, 3.63) is 29.5 Å². The summed E-state index contributed by atoms with van der Waals surface area (Å²) in [6.07, 6.45) is 2.47. The summed E-state index contributed by atoms with van der Waals surface area (Å²) in [6, 6.07) is 6.37. The van der Waals surface area contributed by atoms with Crippen LogP contribution in [-0.2, 0) is 6.42 Å². The van der Waals surface area contributed by atoms with E-state index < -0.39 is 0 Å². The van der Waals surface area contributed by atoms with Crippen LogP contribution in [0, 0.1) is 0 Å². The molecule has 1 aromatic heterocycles. The van der Waals surface area contributed by atoms with E-state index in [9.17, 15) is 0 Å². The molecule has 2 aromatic rings. The number of aromatic amines is 1. The average molecular weight is 242 g/mol. The number of H-pyrrole nitrogens is 1. The standard InChI is InChI=1S/C15H18N2O/c1-18-11-2-3-14-13(8-11)12-5-7-17-6-4-10(9-17)15(12)16-14/h2-3,8,10,16H,4-7,9H2,1H3/t10-/m1/s1. The number of nitrogens with one attached hydrogen (secondary N) is 1. The zero-order valence-corrected chi connectivity index (χ0v) is 10.7. The van der Waals surface area contributed by atoms with Gasteiger partial charge in [-0.05, 0) is 43.1 Å². The maximum absolute atomic E-state index is 5.35. The van der Waals surface area contributed by atoms with Gasteiger partial charge < -0.3 is 14.6 Å². The quantitative estimate of drug-likeness (QED) is 0.832. The molecule has 2 aliphatic rings. The van der Waals surface area contributed by atoms with E-state index in [0.717, 1.165) is 5.75 Å². The topological polar surface area (TPSA) is 28.3 Å². The highest BCUT2D eigenvalue weighted by Gasteiger charge is 2.30. The van der Waals surface area contributed by atoms with Gasteiger partial charge in [0.1, 0.15) is 5.75 Å². The number of benzene rings is 1. The summed E-state index contributed by atoms with van der Waals surface area (Å²) in [4.78, 5) is 6.24. The van der Waals surface area contributed by atoms with Gasteiger partial charge in [-0.1, -0.05) is 0 Å². The molecule has 4 rings (SSSR count). The number of rotatable bonds is 1. The Morgan fingerprint density at radius 3 is 3.17 bits per heavy atom. The molecule has 1 saturated heterocycles. The normalized spacial score (nSPS) is 26.1. The lowest BCUT2D eigenvalue weighted by Gasteiger charge is -2.12. The zero-order valence-electron chi connectivity index (χ0n) is 10.7. The minimum absolute atomic E-state index is 0.709. The Labute approximate surface area is 107 Å². The summed E-state index contributed by atoms with van der Waals surface area (Å²) in [6.45, 7) is 3.70. The monoisotopic (exact) mass is 242 g/mol. The third-order valence-corrected chi connectivity index (χ3v) is 4.50. The van der Waals surface area contributed by atoms with Gasteiger partial charge in [0.05, 0.1) is 7.11 Å². The molecule has 1 N–H and O–H groups in total. The molecule has 1 fully saturated rings. The first kappa shape index (κ1) is 10.4. The average Bonchev–Trinajstić information content (AvgIpc) is 2.93. The maximum atomic E-state index is 5.35. The number of hydrogen-bond donors (Lipinski definition) is 1. The number of nitrogens with zero attached hydrogens (tertiary/aromatic N) is 1. The Morgan fingerprint density at radius 1 is 1.33 bits per heavy atom. The van der Waals surface area contributed by atoms with Crippen molar-refractivity contribution < 1.29 is 4.74 Å².